The van der Waals surface area contributed by atoms with Crippen LogP contribution in [0.25, 0.3) is 5.69 Å². The molecule has 0 saturated carbocycles. The highest BCUT2D eigenvalue weighted by Crippen LogP contribution is 2.19. The fourth-order valence-electron chi connectivity index (χ4n) is 1.52. The molecular weight excluding hydrogens is 282 g/mol. The van der Waals surface area contributed by atoms with Crippen molar-refractivity contribution in [3.05, 3.63) is 40.4 Å². The highest BCUT2D eigenvalue weighted by Gasteiger charge is 2.07. The molecule has 0 amide bonds. The van der Waals surface area contributed by atoms with Crippen LogP contribution in [0.1, 0.15) is 11.4 Å². The van der Waals surface area contributed by atoms with Crippen LogP contribution in [0.2, 0.25) is 0 Å². The Bertz CT molecular complexity index is 569. The molecule has 0 saturated heterocycles. The smallest absolute Gasteiger partial charge is 0.252 e. The average molecular weight is 292 g/mol. The molecular formula is C11H10BrN5. The van der Waals surface area contributed by atoms with E-state index in [-0.39, 0.29) is 5.82 Å². The molecule has 1 heterocycles. The maximum atomic E-state index is 8.72. The molecule has 0 fully saturated rings. The summed E-state index contributed by atoms with van der Waals surface area (Å²) in [6.45, 7) is 0.727. The Morgan fingerprint density at radius 2 is 2.35 bits per heavy atom. The predicted octanol–water partition coefficient (Wildman–Crippen LogP) is 1.62. The van der Waals surface area contributed by atoms with E-state index in [4.69, 9.17) is 5.26 Å². The summed E-state index contributed by atoms with van der Waals surface area (Å²) < 4.78 is 2.57. The number of nitrogens with zero attached hydrogens (tertiary/aromatic N) is 4. The lowest BCUT2D eigenvalue weighted by Crippen LogP contribution is -2.09. The topological polar surface area (TPSA) is 66.5 Å². The van der Waals surface area contributed by atoms with Gasteiger partial charge in [-0.25, -0.2) is 9.67 Å². The summed E-state index contributed by atoms with van der Waals surface area (Å²) in [4.78, 5) is 3.90. The van der Waals surface area contributed by atoms with Gasteiger partial charge < -0.3 is 5.32 Å². The van der Waals surface area contributed by atoms with Crippen molar-refractivity contribution in [2.45, 2.75) is 6.54 Å². The molecule has 1 aromatic heterocycles. The minimum Gasteiger partial charge on any atom is -0.316 e. The van der Waals surface area contributed by atoms with Crippen LogP contribution >= 0.6 is 15.9 Å². The monoisotopic (exact) mass is 291 g/mol. The van der Waals surface area contributed by atoms with Crippen molar-refractivity contribution >= 4 is 15.9 Å². The first-order valence-electron chi connectivity index (χ1n) is 4.99. The molecule has 86 valence electrons. The summed E-state index contributed by atoms with van der Waals surface area (Å²) in [5.41, 5.74) is 1.99. The number of benzene rings is 1. The normalized spacial score (nSPS) is 10.2. The van der Waals surface area contributed by atoms with E-state index in [0.29, 0.717) is 0 Å². The molecule has 6 heteroatoms. The Balaban J connectivity index is 2.49. The van der Waals surface area contributed by atoms with Gasteiger partial charge in [-0.2, -0.15) is 5.26 Å². The van der Waals surface area contributed by atoms with Crippen molar-refractivity contribution in [3.8, 4) is 11.8 Å². The van der Waals surface area contributed by atoms with Crippen molar-refractivity contribution < 1.29 is 0 Å². The molecule has 2 aromatic rings. The second kappa shape index (κ2) is 5.08. The first kappa shape index (κ1) is 11.8. The molecule has 0 radical (unpaired) electrons. The molecule has 0 unspecified atom stereocenters. The number of nitriles is 1. The van der Waals surface area contributed by atoms with Crippen molar-refractivity contribution in [1.29, 1.82) is 5.26 Å². The van der Waals surface area contributed by atoms with Gasteiger partial charge >= 0.3 is 0 Å². The summed E-state index contributed by atoms with van der Waals surface area (Å²) in [7, 11) is 1.88. The highest BCUT2D eigenvalue weighted by molar-refractivity contribution is 9.10. The third-order valence-electron chi connectivity index (χ3n) is 2.25. The van der Waals surface area contributed by atoms with Crippen LogP contribution in [0.15, 0.2) is 29.0 Å². The number of hydrogen-bond acceptors (Lipinski definition) is 4. The molecule has 0 spiro atoms. The molecule has 17 heavy (non-hydrogen) atoms. The molecule has 0 atom stereocenters. The van der Waals surface area contributed by atoms with Crippen LogP contribution in [-0.2, 0) is 6.54 Å². The van der Waals surface area contributed by atoms with E-state index >= 15 is 0 Å². The van der Waals surface area contributed by atoms with Gasteiger partial charge in [0.25, 0.3) is 5.82 Å². The second-order valence-electron chi connectivity index (χ2n) is 3.43. The fraction of sp³-hybridized carbons (Fsp3) is 0.182. The van der Waals surface area contributed by atoms with E-state index in [2.05, 4.69) is 31.3 Å². The number of nitrogens with one attached hydrogen (secondary N) is 1. The zero-order valence-corrected chi connectivity index (χ0v) is 10.8. The Morgan fingerprint density at radius 1 is 1.53 bits per heavy atom. The van der Waals surface area contributed by atoms with E-state index in [9.17, 15) is 0 Å². The molecule has 0 aliphatic rings. The fourth-order valence-corrected chi connectivity index (χ4v) is 1.87. The summed E-state index contributed by atoms with van der Waals surface area (Å²) in [6.07, 6.45) is 1.54. The Kier molecular flexibility index (Phi) is 3.52. The van der Waals surface area contributed by atoms with Gasteiger partial charge in [-0.05, 0) is 24.7 Å². The lowest BCUT2D eigenvalue weighted by molar-refractivity contribution is 0.787. The molecule has 5 nitrogen and oxygen atoms in total. The minimum atomic E-state index is 0.167. The van der Waals surface area contributed by atoms with E-state index in [1.54, 1.807) is 11.0 Å². The van der Waals surface area contributed by atoms with Crippen LogP contribution in [0.3, 0.4) is 0 Å². The SMILES string of the molecule is CNCc1ccc(Br)cc1-n1cnc(C#N)n1. The lowest BCUT2D eigenvalue weighted by Gasteiger charge is -2.08. The van der Waals surface area contributed by atoms with E-state index in [0.717, 1.165) is 22.3 Å². The average Bonchev–Trinajstić information content (AvgIpc) is 2.80. The number of halogens is 1. The molecule has 2 rings (SSSR count). The maximum absolute atomic E-state index is 8.72. The van der Waals surface area contributed by atoms with E-state index in [1.807, 2.05) is 31.3 Å². The first-order valence-corrected chi connectivity index (χ1v) is 5.79. The zero-order chi connectivity index (χ0) is 12.3. The number of rotatable bonds is 3. The number of aromatic nitrogens is 3. The highest BCUT2D eigenvalue weighted by atomic mass is 79.9. The van der Waals surface area contributed by atoms with E-state index < -0.39 is 0 Å². The lowest BCUT2D eigenvalue weighted by atomic mass is 10.2. The Labute approximate surface area is 107 Å². The van der Waals surface area contributed by atoms with Crippen molar-refractivity contribution in [1.82, 2.24) is 20.1 Å². The summed E-state index contributed by atoms with van der Waals surface area (Å²) in [5, 5.41) is 15.9. The van der Waals surface area contributed by atoms with E-state index in [1.165, 1.54) is 0 Å². The molecule has 0 aliphatic heterocycles. The first-order chi connectivity index (χ1) is 8.24. The third-order valence-corrected chi connectivity index (χ3v) is 2.75. The van der Waals surface area contributed by atoms with Gasteiger partial charge in [0.2, 0.25) is 0 Å². The van der Waals surface area contributed by atoms with Crippen LogP contribution in [-0.4, -0.2) is 21.8 Å². The van der Waals surface area contributed by atoms with Crippen LogP contribution < -0.4 is 5.32 Å². The molecule has 0 aliphatic carbocycles. The van der Waals surface area contributed by atoms with Crippen LogP contribution in [0.4, 0.5) is 0 Å². The van der Waals surface area contributed by atoms with Crippen molar-refractivity contribution in [2.75, 3.05) is 7.05 Å². The quantitative estimate of drug-likeness (QED) is 0.933. The van der Waals surface area contributed by atoms with Gasteiger partial charge in [0, 0.05) is 11.0 Å². The molecule has 1 aromatic carbocycles. The van der Waals surface area contributed by atoms with Crippen molar-refractivity contribution in [2.24, 2.45) is 0 Å². The van der Waals surface area contributed by atoms with Gasteiger partial charge in [-0.15, -0.1) is 5.10 Å². The predicted molar refractivity (Wildman–Crippen MR) is 66.5 cm³/mol. The van der Waals surface area contributed by atoms with Gasteiger partial charge in [-0.3, -0.25) is 0 Å². The number of hydrogen-bond donors (Lipinski definition) is 1. The molecule has 0 bridgehead atoms. The second-order valence-corrected chi connectivity index (χ2v) is 4.34. The standard InChI is InChI=1S/C11H10BrN5/c1-14-6-8-2-3-9(12)4-10(8)17-7-15-11(5-13)16-17/h2-4,7,14H,6H2,1H3. The maximum Gasteiger partial charge on any atom is 0.252 e. The van der Waals surface area contributed by atoms with Crippen LogP contribution in [0, 0.1) is 11.3 Å². The van der Waals surface area contributed by atoms with Gasteiger partial charge in [0.15, 0.2) is 0 Å². The Morgan fingerprint density at radius 3 is 3.00 bits per heavy atom. The zero-order valence-electron chi connectivity index (χ0n) is 9.18. The van der Waals surface area contributed by atoms with Crippen LogP contribution in [0.5, 0.6) is 0 Å². The third kappa shape index (κ3) is 2.52. The minimum absolute atomic E-state index is 0.167. The summed E-state index contributed by atoms with van der Waals surface area (Å²) in [6, 6.07) is 7.83. The molecule has 1 N–H and O–H groups in total. The summed E-state index contributed by atoms with van der Waals surface area (Å²) >= 11 is 3.42. The van der Waals surface area contributed by atoms with Gasteiger partial charge in [0.05, 0.1) is 5.69 Å². The summed E-state index contributed by atoms with van der Waals surface area (Å²) in [5.74, 6) is 0.167. The van der Waals surface area contributed by atoms with Gasteiger partial charge in [0.1, 0.15) is 12.4 Å². The van der Waals surface area contributed by atoms with Gasteiger partial charge in [-0.1, -0.05) is 22.0 Å². The largest absolute Gasteiger partial charge is 0.316 e. The van der Waals surface area contributed by atoms with Crippen molar-refractivity contribution in [3.63, 3.8) is 0 Å². The Hall–Kier alpha value is -1.71.